The molecule has 0 fully saturated rings. The monoisotopic (exact) mass is 178 g/mol. The van der Waals surface area contributed by atoms with Crippen LogP contribution >= 0.6 is 0 Å². The first-order valence-electron chi connectivity index (χ1n) is 3.69. The van der Waals surface area contributed by atoms with Crippen molar-refractivity contribution in [3.05, 3.63) is 21.9 Å². The SMILES string of the molecule is C=Nc1c(C=NC)nc(C)[nH]c1=O. The highest BCUT2D eigenvalue weighted by Crippen LogP contribution is 2.06. The molecule has 0 radical (unpaired) electrons. The normalized spacial score (nSPS) is 10.6. The molecule has 13 heavy (non-hydrogen) atoms. The summed E-state index contributed by atoms with van der Waals surface area (Å²) < 4.78 is 0. The average Bonchev–Trinajstić information content (AvgIpc) is 2.04. The summed E-state index contributed by atoms with van der Waals surface area (Å²) in [7, 11) is 1.60. The Morgan fingerprint density at radius 1 is 1.62 bits per heavy atom. The molecule has 5 heteroatoms. The lowest BCUT2D eigenvalue weighted by Gasteiger charge is -1.98. The molecule has 1 aromatic heterocycles. The molecule has 0 unspecified atom stereocenters. The Morgan fingerprint density at radius 3 is 2.85 bits per heavy atom. The number of nitrogens with one attached hydrogen (secondary N) is 1. The van der Waals surface area contributed by atoms with Crippen molar-refractivity contribution in [1.82, 2.24) is 9.97 Å². The van der Waals surface area contributed by atoms with Crippen LogP contribution in [0.2, 0.25) is 0 Å². The van der Waals surface area contributed by atoms with Crippen LogP contribution in [-0.4, -0.2) is 29.9 Å². The smallest absolute Gasteiger partial charge is 0.277 e. The third-order valence-corrected chi connectivity index (χ3v) is 1.45. The lowest BCUT2D eigenvalue weighted by atomic mass is 10.3. The zero-order chi connectivity index (χ0) is 9.84. The first-order valence-corrected chi connectivity index (χ1v) is 3.69. The van der Waals surface area contributed by atoms with E-state index < -0.39 is 0 Å². The van der Waals surface area contributed by atoms with Crippen LogP contribution in [0.4, 0.5) is 5.69 Å². The minimum absolute atomic E-state index is 0.205. The van der Waals surface area contributed by atoms with Gasteiger partial charge in [0.25, 0.3) is 5.56 Å². The van der Waals surface area contributed by atoms with Gasteiger partial charge in [0.15, 0.2) is 5.69 Å². The molecule has 0 atom stereocenters. The Morgan fingerprint density at radius 2 is 2.31 bits per heavy atom. The maximum Gasteiger partial charge on any atom is 0.277 e. The van der Waals surface area contributed by atoms with Crippen LogP contribution in [0.15, 0.2) is 14.8 Å². The van der Waals surface area contributed by atoms with Crippen molar-refractivity contribution in [2.24, 2.45) is 9.98 Å². The molecule has 1 aromatic rings. The van der Waals surface area contributed by atoms with E-state index in [2.05, 4.69) is 26.7 Å². The minimum atomic E-state index is -0.294. The van der Waals surface area contributed by atoms with Gasteiger partial charge in [-0.3, -0.25) is 14.8 Å². The molecule has 1 N–H and O–H groups in total. The van der Waals surface area contributed by atoms with Crippen molar-refractivity contribution in [2.45, 2.75) is 6.92 Å². The van der Waals surface area contributed by atoms with E-state index in [1.54, 1.807) is 14.0 Å². The zero-order valence-electron chi connectivity index (χ0n) is 7.53. The number of aliphatic imine (C=N–C) groups is 2. The van der Waals surface area contributed by atoms with Crippen molar-refractivity contribution in [2.75, 3.05) is 7.05 Å². The summed E-state index contributed by atoms with van der Waals surface area (Å²) in [5.74, 6) is 0.535. The number of aryl methyl sites for hydroxylation is 1. The predicted octanol–water partition coefficient (Wildman–Crippen LogP) is 0.459. The van der Waals surface area contributed by atoms with Crippen LogP contribution in [0.1, 0.15) is 11.5 Å². The highest BCUT2D eigenvalue weighted by molar-refractivity contribution is 5.83. The van der Waals surface area contributed by atoms with Gasteiger partial charge in [0.1, 0.15) is 11.5 Å². The summed E-state index contributed by atoms with van der Waals surface area (Å²) in [4.78, 5) is 25.2. The Hall–Kier alpha value is -1.78. The molecule has 0 saturated heterocycles. The van der Waals surface area contributed by atoms with Crippen molar-refractivity contribution in [1.29, 1.82) is 0 Å². The van der Waals surface area contributed by atoms with Gasteiger partial charge in [0, 0.05) is 13.3 Å². The first kappa shape index (κ1) is 9.31. The largest absolute Gasteiger partial charge is 0.309 e. The van der Waals surface area contributed by atoms with Gasteiger partial charge in [0.05, 0.1) is 0 Å². The summed E-state index contributed by atoms with van der Waals surface area (Å²) in [6, 6.07) is 0. The summed E-state index contributed by atoms with van der Waals surface area (Å²) in [5.41, 5.74) is 0.354. The van der Waals surface area contributed by atoms with Gasteiger partial charge >= 0.3 is 0 Å². The van der Waals surface area contributed by atoms with E-state index in [0.29, 0.717) is 11.5 Å². The van der Waals surface area contributed by atoms with E-state index in [1.165, 1.54) is 6.21 Å². The van der Waals surface area contributed by atoms with Gasteiger partial charge in [-0.15, -0.1) is 0 Å². The molecule has 0 saturated carbocycles. The lowest BCUT2D eigenvalue weighted by Crippen LogP contribution is -2.12. The van der Waals surface area contributed by atoms with Crippen LogP contribution in [0, 0.1) is 6.92 Å². The Balaban J connectivity index is 3.47. The Labute approximate surface area is 75.3 Å². The zero-order valence-corrected chi connectivity index (χ0v) is 7.53. The van der Waals surface area contributed by atoms with Gasteiger partial charge < -0.3 is 4.98 Å². The van der Waals surface area contributed by atoms with Crippen LogP contribution in [0.3, 0.4) is 0 Å². The van der Waals surface area contributed by atoms with Gasteiger partial charge in [0.2, 0.25) is 0 Å². The van der Waals surface area contributed by atoms with E-state index in [-0.39, 0.29) is 11.2 Å². The topological polar surface area (TPSA) is 70.5 Å². The second kappa shape index (κ2) is 3.75. The number of H-pyrrole nitrogens is 1. The van der Waals surface area contributed by atoms with Crippen molar-refractivity contribution in [3.8, 4) is 0 Å². The number of hydrogen-bond acceptors (Lipinski definition) is 4. The van der Waals surface area contributed by atoms with Crippen LogP contribution < -0.4 is 5.56 Å². The fourth-order valence-corrected chi connectivity index (χ4v) is 0.966. The maximum absolute atomic E-state index is 11.3. The van der Waals surface area contributed by atoms with E-state index in [0.717, 1.165) is 0 Å². The van der Waals surface area contributed by atoms with Crippen molar-refractivity contribution >= 4 is 18.6 Å². The fraction of sp³-hybridized carbons (Fsp3) is 0.250. The van der Waals surface area contributed by atoms with Crippen molar-refractivity contribution in [3.63, 3.8) is 0 Å². The fourth-order valence-electron chi connectivity index (χ4n) is 0.966. The van der Waals surface area contributed by atoms with E-state index in [4.69, 9.17) is 0 Å². The average molecular weight is 178 g/mol. The molecule has 0 aliphatic rings. The second-order valence-electron chi connectivity index (χ2n) is 2.43. The Bertz CT molecular complexity index is 405. The number of nitrogens with zero attached hydrogens (tertiary/aromatic N) is 3. The summed E-state index contributed by atoms with van der Waals surface area (Å²) in [6.45, 7) is 4.99. The summed E-state index contributed by atoms with van der Waals surface area (Å²) in [5, 5.41) is 0. The highest BCUT2D eigenvalue weighted by atomic mass is 16.1. The third kappa shape index (κ3) is 1.87. The van der Waals surface area contributed by atoms with Crippen LogP contribution in [-0.2, 0) is 0 Å². The number of rotatable bonds is 2. The minimum Gasteiger partial charge on any atom is -0.309 e. The molecule has 5 nitrogen and oxygen atoms in total. The summed E-state index contributed by atoms with van der Waals surface area (Å²) >= 11 is 0. The molecule has 0 amide bonds. The Kier molecular flexibility index (Phi) is 2.69. The van der Waals surface area contributed by atoms with E-state index in [9.17, 15) is 4.79 Å². The number of aromatic nitrogens is 2. The molecule has 1 rings (SSSR count). The molecule has 0 aliphatic heterocycles. The summed E-state index contributed by atoms with van der Waals surface area (Å²) in [6.07, 6.45) is 1.48. The second-order valence-corrected chi connectivity index (χ2v) is 2.43. The predicted molar refractivity (Wildman–Crippen MR) is 52.3 cm³/mol. The van der Waals surface area contributed by atoms with Crippen LogP contribution in [0.25, 0.3) is 0 Å². The molecule has 68 valence electrons. The number of aromatic amines is 1. The first-order chi connectivity index (χ1) is 6.19. The highest BCUT2D eigenvalue weighted by Gasteiger charge is 2.05. The van der Waals surface area contributed by atoms with Gasteiger partial charge in [-0.2, -0.15) is 0 Å². The van der Waals surface area contributed by atoms with Crippen molar-refractivity contribution < 1.29 is 0 Å². The molecule has 0 aliphatic carbocycles. The molecule has 0 aromatic carbocycles. The van der Waals surface area contributed by atoms with Gasteiger partial charge in [-0.25, -0.2) is 4.98 Å². The lowest BCUT2D eigenvalue weighted by molar-refractivity contribution is 1.01. The van der Waals surface area contributed by atoms with Gasteiger partial charge in [-0.1, -0.05) is 0 Å². The standard InChI is InChI=1S/C8H10N4O/c1-5-11-6(4-9-2)7(10-3)8(13)12-5/h4H,3H2,1-2H3,(H,11,12,13). The third-order valence-electron chi connectivity index (χ3n) is 1.45. The quantitative estimate of drug-likeness (QED) is 0.668. The molecule has 0 spiro atoms. The molecule has 0 bridgehead atoms. The van der Waals surface area contributed by atoms with Gasteiger partial charge in [-0.05, 0) is 13.6 Å². The maximum atomic E-state index is 11.3. The van der Waals surface area contributed by atoms with E-state index in [1.807, 2.05) is 0 Å². The van der Waals surface area contributed by atoms with Crippen LogP contribution in [0.5, 0.6) is 0 Å². The molecular formula is C8H10N4O. The van der Waals surface area contributed by atoms with E-state index >= 15 is 0 Å². The molecule has 1 heterocycles. The molecular weight excluding hydrogens is 168 g/mol. The number of hydrogen-bond donors (Lipinski definition) is 1.